The van der Waals surface area contributed by atoms with Gasteiger partial charge in [0.1, 0.15) is 12.4 Å². The smallest absolute Gasteiger partial charge is 0.191 e. The number of morpholine rings is 1. The lowest BCUT2D eigenvalue weighted by atomic mass is 10.2. The molecule has 154 valence electrons. The van der Waals surface area contributed by atoms with Crippen LogP contribution in [0.4, 0.5) is 0 Å². The van der Waals surface area contributed by atoms with Gasteiger partial charge in [0, 0.05) is 39.1 Å². The van der Waals surface area contributed by atoms with Crippen LogP contribution < -0.4 is 10.6 Å². The van der Waals surface area contributed by atoms with Gasteiger partial charge in [-0.2, -0.15) is 0 Å². The number of hydrogen-bond acceptors (Lipinski definition) is 5. The van der Waals surface area contributed by atoms with Gasteiger partial charge in [0.15, 0.2) is 11.8 Å². The van der Waals surface area contributed by atoms with E-state index in [1.54, 1.807) is 0 Å². The molecular formula is C18H34IN7O. The van der Waals surface area contributed by atoms with Crippen molar-refractivity contribution in [2.24, 2.45) is 4.99 Å². The Morgan fingerprint density at radius 3 is 2.78 bits per heavy atom. The molecule has 27 heavy (non-hydrogen) atoms. The predicted molar refractivity (Wildman–Crippen MR) is 118 cm³/mol. The number of aryl methyl sites for hydroxylation is 1. The van der Waals surface area contributed by atoms with Gasteiger partial charge in [-0.15, -0.1) is 34.2 Å². The maximum atomic E-state index is 5.39. The Morgan fingerprint density at radius 1 is 1.11 bits per heavy atom. The van der Waals surface area contributed by atoms with E-state index in [9.17, 15) is 0 Å². The summed E-state index contributed by atoms with van der Waals surface area (Å²) in [6.45, 7) is 10.4. The third-order valence-electron chi connectivity index (χ3n) is 4.96. The summed E-state index contributed by atoms with van der Waals surface area (Å²) >= 11 is 0. The molecule has 0 aromatic carbocycles. The zero-order valence-corrected chi connectivity index (χ0v) is 18.8. The van der Waals surface area contributed by atoms with Gasteiger partial charge in [0.05, 0.1) is 13.2 Å². The molecule has 9 heteroatoms. The quantitative estimate of drug-likeness (QED) is 0.260. The first-order valence-electron chi connectivity index (χ1n) is 10.1. The summed E-state index contributed by atoms with van der Waals surface area (Å²) in [6.07, 6.45) is 5.84. The minimum Gasteiger partial charge on any atom is -0.379 e. The molecule has 0 atom stereocenters. The molecule has 0 radical (unpaired) electrons. The second-order valence-corrected chi connectivity index (χ2v) is 6.92. The molecule has 0 bridgehead atoms. The van der Waals surface area contributed by atoms with Crippen molar-refractivity contribution < 1.29 is 4.74 Å². The molecule has 1 fully saturated rings. The number of nitrogens with one attached hydrogen (secondary N) is 2. The van der Waals surface area contributed by atoms with E-state index in [0.29, 0.717) is 6.54 Å². The zero-order valence-electron chi connectivity index (χ0n) is 16.5. The van der Waals surface area contributed by atoms with Crippen LogP contribution in [0.25, 0.3) is 0 Å². The number of hydrogen-bond donors (Lipinski definition) is 2. The Morgan fingerprint density at radius 2 is 1.96 bits per heavy atom. The van der Waals surface area contributed by atoms with Crippen molar-refractivity contribution in [3.8, 4) is 0 Å². The highest BCUT2D eigenvalue weighted by molar-refractivity contribution is 14.0. The molecule has 2 aliphatic rings. The number of fused-ring (bicyclic) bond motifs is 1. The highest BCUT2D eigenvalue weighted by Crippen LogP contribution is 2.14. The molecule has 2 N–H and O–H groups in total. The van der Waals surface area contributed by atoms with Gasteiger partial charge in [-0.05, 0) is 32.7 Å². The summed E-state index contributed by atoms with van der Waals surface area (Å²) in [7, 11) is 0. The molecule has 0 unspecified atom stereocenters. The van der Waals surface area contributed by atoms with E-state index < -0.39 is 0 Å². The lowest BCUT2D eigenvalue weighted by molar-refractivity contribution is 0.0376. The molecule has 0 amide bonds. The molecule has 2 aliphatic heterocycles. The molecule has 1 saturated heterocycles. The Bertz CT molecular complexity index is 572. The Balaban J connectivity index is 0.00000261. The third kappa shape index (κ3) is 7.19. The molecule has 1 aromatic rings. The van der Waals surface area contributed by atoms with Gasteiger partial charge in [0.25, 0.3) is 0 Å². The fourth-order valence-electron chi connectivity index (χ4n) is 3.49. The van der Waals surface area contributed by atoms with Crippen LogP contribution in [0.1, 0.15) is 44.3 Å². The minimum atomic E-state index is 0. The zero-order chi connectivity index (χ0) is 18.0. The predicted octanol–water partition coefficient (Wildman–Crippen LogP) is 1.40. The van der Waals surface area contributed by atoms with Crippen molar-refractivity contribution in [1.29, 1.82) is 0 Å². The van der Waals surface area contributed by atoms with Crippen LogP contribution in [0, 0.1) is 0 Å². The van der Waals surface area contributed by atoms with Crippen LogP contribution in [-0.2, 0) is 24.2 Å². The standard InChI is InChI=1S/C18H33N7O.HI/c1-2-19-18(20-8-6-9-24-11-13-26-14-12-24)21-15-17-23-22-16-7-4-3-5-10-25(16)17;/h2-15H2,1H3,(H2,19,20,21);1H. The molecule has 0 saturated carbocycles. The van der Waals surface area contributed by atoms with Gasteiger partial charge < -0.3 is 19.9 Å². The molecule has 1 aromatic heterocycles. The second-order valence-electron chi connectivity index (χ2n) is 6.92. The van der Waals surface area contributed by atoms with E-state index in [0.717, 1.165) is 82.9 Å². The van der Waals surface area contributed by atoms with Crippen LogP contribution in [0.15, 0.2) is 4.99 Å². The molecule has 8 nitrogen and oxygen atoms in total. The van der Waals surface area contributed by atoms with Crippen LogP contribution in [0.2, 0.25) is 0 Å². The van der Waals surface area contributed by atoms with Crippen LogP contribution >= 0.6 is 24.0 Å². The maximum Gasteiger partial charge on any atom is 0.191 e. The fraction of sp³-hybridized carbons (Fsp3) is 0.833. The first-order valence-corrected chi connectivity index (χ1v) is 10.1. The summed E-state index contributed by atoms with van der Waals surface area (Å²) in [5.41, 5.74) is 0. The van der Waals surface area contributed by atoms with Gasteiger partial charge >= 0.3 is 0 Å². The lowest BCUT2D eigenvalue weighted by Gasteiger charge is -2.26. The average molecular weight is 491 g/mol. The molecule has 0 spiro atoms. The van der Waals surface area contributed by atoms with Crippen molar-refractivity contribution in [3.63, 3.8) is 0 Å². The van der Waals surface area contributed by atoms with E-state index >= 15 is 0 Å². The highest BCUT2D eigenvalue weighted by atomic mass is 127. The van der Waals surface area contributed by atoms with Gasteiger partial charge in [-0.25, -0.2) is 4.99 Å². The second kappa shape index (κ2) is 12.5. The SMILES string of the molecule is CCNC(=NCc1nnc2n1CCCCC2)NCCCN1CCOCC1.I. The van der Waals surface area contributed by atoms with Crippen molar-refractivity contribution >= 4 is 29.9 Å². The number of aliphatic imine (C=N–C) groups is 1. The number of ether oxygens (including phenoxy) is 1. The van der Waals surface area contributed by atoms with E-state index in [4.69, 9.17) is 9.73 Å². The Labute approximate surface area is 179 Å². The average Bonchev–Trinajstić information content (AvgIpc) is 2.90. The van der Waals surface area contributed by atoms with Crippen LogP contribution in [0.3, 0.4) is 0 Å². The summed E-state index contributed by atoms with van der Waals surface area (Å²) in [5.74, 6) is 2.96. The highest BCUT2D eigenvalue weighted by Gasteiger charge is 2.14. The summed E-state index contributed by atoms with van der Waals surface area (Å²) in [4.78, 5) is 7.18. The number of aromatic nitrogens is 3. The fourth-order valence-corrected chi connectivity index (χ4v) is 3.49. The van der Waals surface area contributed by atoms with Gasteiger partial charge in [-0.1, -0.05) is 6.42 Å². The largest absolute Gasteiger partial charge is 0.379 e. The number of nitrogens with zero attached hydrogens (tertiary/aromatic N) is 5. The summed E-state index contributed by atoms with van der Waals surface area (Å²) < 4.78 is 7.65. The minimum absolute atomic E-state index is 0. The van der Waals surface area contributed by atoms with Gasteiger partial charge in [0.2, 0.25) is 0 Å². The number of halogens is 1. The first-order chi connectivity index (χ1) is 12.9. The Hall–Kier alpha value is -0.940. The summed E-state index contributed by atoms with van der Waals surface area (Å²) in [6, 6.07) is 0. The van der Waals surface area contributed by atoms with Crippen molar-refractivity contribution in [2.75, 3.05) is 45.9 Å². The van der Waals surface area contributed by atoms with Crippen molar-refractivity contribution in [1.82, 2.24) is 30.3 Å². The normalized spacial score (nSPS) is 18.3. The number of rotatable bonds is 7. The van der Waals surface area contributed by atoms with Crippen molar-refractivity contribution in [2.45, 2.75) is 52.1 Å². The van der Waals surface area contributed by atoms with Gasteiger partial charge in [-0.3, -0.25) is 4.90 Å². The molecule has 3 rings (SSSR count). The topological polar surface area (TPSA) is 79.6 Å². The first kappa shape index (κ1) is 22.4. The van der Waals surface area contributed by atoms with E-state index in [2.05, 4.69) is 37.2 Å². The molecule has 0 aliphatic carbocycles. The Kier molecular flexibility index (Phi) is 10.4. The van der Waals surface area contributed by atoms with E-state index in [1.165, 1.54) is 19.3 Å². The lowest BCUT2D eigenvalue weighted by Crippen LogP contribution is -2.40. The van der Waals surface area contributed by atoms with E-state index in [-0.39, 0.29) is 24.0 Å². The number of guanidine groups is 1. The maximum absolute atomic E-state index is 5.39. The third-order valence-corrected chi connectivity index (χ3v) is 4.96. The molecule has 3 heterocycles. The van der Waals surface area contributed by atoms with Crippen molar-refractivity contribution in [3.05, 3.63) is 11.6 Å². The van der Waals surface area contributed by atoms with Crippen LogP contribution in [0.5, 0.6) is 0 Å². The van der Waals surface area contributed by atoms with Crippen LogP contribution in [-0.4, -0.2) is 71.6 Å². The summed E-state index contributed by atoms with van der Waals surface area (Å²) in [5, 5.41) is 15.5. The van der Waals surface area contributed by atoms with E-state index in [1.807, 2.05) is 0 Å². The monoisotopic (exact) mass is 491 g/mol. The molecular weight excluding hydrogens is 457 g/mol.